The van der Waals surface area contributed by atoms with Gasteiger partial charge in [0.1, 0.15) is 0 Å². The number of benzene rings is 2. The van der Waals surface area contributed by atoms with Gasteiger partial charge in [0.2, 0.25) is 0 Å². The predicted octanol–water partition coefficient (Wildman–Crippen LogP) is 3.51. The van der Waals surface area contributed by atoms with E-state index >= 15 is 0 Å². The number of fused-ring (bicyclic) bond motifs is 3. The molecule has 0 N–H and O–H groups in total. The van der Waals surface area contributed by atoms with Crippen LogP contribution >= 0.6 is 0 Å². The summed E-state index contributed by atoms with van der Waals surface area (Å²) in [5.41, 5.74) is 5.72. The smallest absolute Gasteiger partial charge is 0.0388 e. The van der Waals surface area contributed by atoms with E-state index in [2.05, 4.69) is 67.5 Å². The van der Waals surface area contributed by atoms with E-state index in [-0.39, 0.29) is 0 Å². The van der Waals surface area contributed by atoms with Crippen LogP contribution in [-0.2, 0) is 6.42 Å². The van der Waals surface area contributed by atoms with Crippen LogP contribution in [0, 0.1) is 0 Å². The van der Waals surface area contributed by atoms with E-state index in [1.165, 1.54) is 22.3 Å². The molecular weight excluding hydrogens is 206 g/mol. The Morgan fingerprint density at radius 3 is 2.29 bits per heavy atom. The minimum Gasteiger partial charge on any atom is -0.302 e. The van der Waals surface area contributed by atoms with Gasteiger partial charge in [-0.05, 0) is 42.8 Å². The van der Waals surface area contributed by atoms with Crippen molar-refractivity contribution in [3.8, 4) is 11.1 Å². The maximum atomic E-state index is 2.31. The average molecular weight is 223 g/mol. The molecule has 3 rings (SSSR count). The van der Waals surface area contributed by atoms with E-state index in [1.54, 1.807) is 0 Å². The Bertz CT molecular complexity index is 543. The van der Waals surface area contributed by atoms with Crippen molar-refractivity contribution in [1.82, 2.24) is 4.90 Å². The number of rotatable bonds is 1. The van der Waals surface area contributed by atoms with Gasteiger partial charge in [0.15, 0.2) is 0 Å². The molecule has 1 atom stereocenters. The standard InChI is InChI=1S/C16H17N/c1-17(2)16-11-12-7-3-4-8-13(12)14-9-5-6-10-15(14)16/h3-10,16H,11H2,1-2H3. The molecule has 1 nitrogen and oxygen atoms in total. The molecule has 2 aromatic rings. The lowest BCUT2D eigenvalue weighted by Crippen LogP contribution is -2.25. The lowest BCUT2D eigenvalue weighted by atomic mass is 9.82. The maximum Gasteiger partial charge on any atom is 0.0388 e. The maximum absolute atomic E-state index is 2.31. The van der Waals surface area contributed by atoms with Crippen molar-refractivity contribution in [2.24, 2.45) is 0 Å². The van der Waals surface area contributed by atoms with Crippen molar-refractivity contribution >= 4 is 0 Å². The summed E-state index contributed by atoms with van der Waals surface area (Å²) in [5.74, 6) is 0. The van der Waals surface area contributed by atoms with E-state index in [9.17, 15) is 0 Å². The third kappa shape index (κ3) is 1.67. The lowest BCUT2D eigenvalue weighted by molar-refractivity contribution is 0.296. The molecule has 0 radical (unpaired) electrons. The summed E-state index contributed by atoms with van der Waals surface area (Å²) in [5, 5.41) is 0. The fraction of sp³-hybridized carbons (Fsp3) is 0.250. The summed E-state index contributed by atoms with van der Waals surface area (Å²) < 4.78 is 0. The van der Waals surface area contributed by atoms with Crippen LogP contribution < -0.4 is 0 Å². The number of nitrogens with zero attached hydrogens (tertiary/aromatic N) is 1. The first-order valence-electron chi connectivity index (χ1n) is 6.11. The predicted molar refractivity (Wildman–Crippen MR) is 72.0 cm³/mol. The molecule has 86 valence electrons. The molecule has 0 saturated carbocycles. The van der Waals surface area contributed by atoms with Gasteiger partial charge >= 0.3 is 0 Å². The Labute approximate surface area is 103 Å². The number of hydrogen-bond donors (Lipinski definition) is 0. The normalized spacial score (nSPS) is 17.7. The molecule has 1 heteroatoms. The van der Waals surface area contributed by atoms with E-state index < -0.39 is 0 Å². The first-order chi connectivity index (χ1) is 8.27. The Hall–Kier alpha value is -1.60. The number of hydrogen-bond acceptors (Lipinski definition) is 1. The summed E-state index contributed by atoms with van der Waals surface area (Å²) in [6, 6.07) is 18.0. The molecule has 0 fully saturated rings. The monoisotopic (exact) mass is 223 g/mol. The molecule has 0 aliphatic heterocycles. The molecule has 17 heavy (non-hydrogen) atoms. The molecule has 0 bridgehead atoms. The summed E-state index contributed by atoms with van der Waals surface area (Å²) in [6.45, 7) is 0. The van der Waals surface area contributed by atoms with E-state index in [0.717, 1.165) is 6.42 Å². The van der Waals surface area contributed by atoms with E-state index in [4.69, 9.17) is 0 Å². The molecule has 0 spiro atoms. The Balaban J connectivity index is 2.22. The SMILES string of the molecule is CN(C)C1Cc2ccccc2-c2ccccc21. The van der Waals surface area contributed by atoms with Gasteiger partial charge in [0.05, 0.1) is 0 Å². The second-order valence-electron chi connectivity index (χ2n) is 4.93. The van der Waals surface area contributed by atoms with Crippen LogP contribution in [0.15, 0.2) is 48.5 Å². The molecule has 1 aliphatic rings. The van der Waals surface area contributed by atoms with Crippen LogP contribution in [0.3, 0.4) is 0 Å². The van der Waals surface area contributed by atoms with Gasteiger partial charge in [0, 0.05) is 6.04 Å². The second kappa shape index (κ2) is 4.01. The van der Waals surface area contributed by atoms with Crippen molar-refractivity contribution in [2.45, 2.75) is 12.5 Å². The van der Waals surface area contributed by atoms with E-state index in [1.807, 2.05) is 0 Å². The van der Waals surface area contributed by atoms with Crippen LogP contribution in [0.2, 0.25) is 0 Å². The van der Waals surface area contributed by atoms with Gasteiger partial charge in [-0.25, -0.2) is 0 Å². The van der Waals surface area contributed by atoms with Crippen LogP contribution in [0.1, 0.15) is 17.2 Å². The van der Waals surface area contributed by atoms with Gasteiger partial charge < -0.3 is 4.90 Å². The zero-order valence-corrected chi connectivity index (χ0v) is 10.4. The molecular formula is C16H17N. The van der Waals surface area contributed by atoms with Gasteiger partial charge in [0.25, 0.3) is 0 Å². The van der Waals surface area contributed by atoms with Gasteiger partial charge in [-0.15, -0.1) is 0 Å². The first-order valence-corrected chi connectivity index (χ1v) is 6.11. The highest BCUT2D eigenvalue weighted by Gasteiger charge is 2.24. The van der Waals surface area contributed by atoms with Crippen molar-refractivity contribution in [3.63, 3.8) is 0 Å². The summed E-state index contributed by atoms with van der Waals surface area (Å²) in [7, 11) is 4.32. The zero-order chi connectivity index (χ0) is 11.8. The molecule has 1 unspecified atom stereocenters. The van der Waals surface area contributed by atoms with Gasteiger partial charge in [-0.1, -0.05) is 48.5 Å². The van der Waals surface area contributed by atoms with Crippen LogP contribution in [-0.4, -0.2) is 19.0 Å². The molecule has 1 aliphatic carbocycles. The third-order valence-corrected chi connectivity index (χ3v) is 3.66. The van der Waals surface area contributed by atoms with Crippen molar-refractivity contribution in [2.75, 3.05) is 14.1 Å². The molecule has 0 aromatic heterocycles. The van der Waals surface area contributed by atoms with Crippen molar-refractivity contribution in [1.29, 1.82) is 0 Å². The molecule has 2 aromatic carbocycles. The average Bonchev–Trinajstić information content (AvgIpc) is 2.37. The largest absolute Gasteiger partial charge is 0.302 e. The summed E-state index contributed by atoms with van der Waals surface area (Å²) >= 11 is 0. The Morgan fingerprint density at radius 1 is 0.882 bits per heavy atom. The Kier molecular flexibility index (Phi) is 2.49. The highest BCUT2D eigenvalue weighted by molar-refractivity contribution is 5.73. The first kappa shape index (κ1) is 10.5. The fourth-order valence-corrected chi connectivity index (χ4v) is 2.77. The Morgan fingerprint density at radius 2 is 1.53 bits per heavy atom. The van der Waals surface area contributed by atoms with Crippen LogP contribution in [0.25, 0.3) is 11.1 Å². The quantitative estimate of drug-likeness (QED) is 0.715. The zero-order valence-electron chi connectivity index (χ0n) is 10.4. The highest BCUT2D eigenvalue weighted by atomic mass is 15.1. The van der Waals surface area contributed by atoms with Crippen LogP contribution in [0.4, 0.5) is 0 Å². The van der Waals surface area contributed by atoms with Gasteiger partial charge in [-0.3, -0.25) is 0 Å². The topological polar surface area (TPSA) is 3.24 Å². The number of likely N-dealkylation sites (N-methyl/N-ethyl adjacent to an activating group) is 1. The molecule has 0 heterocycles. The van der Waals surface area contributed by atoms with Crippen molar-refractivity contribution < 1.29 is 0 Å². The van der Waals surface area contributed by atoms with E-state index in [0.29, 0.717) is 6.04 Å². The van der Waals surface area contributed by atoms with Crippen LogP contribution in [0.5, 0.6) is 0 Å². The highest BCUT2D eigenvalue weighted by Crippen LogP contribution is 2.39. The minimum absolute atomic E-state index is 0.501. The lowest BCUT2D eigenvalue weighted by Gasteiger charge is -2.32. The second-order valence-corrected chi connectivity index (χ2v) is 4.93. The molecule has 0 saturated heterocycles. The van der Waals surface area contributed by atoms with Crippen molar-refractivity contribution in [3.05, 3.63) is 59.7 Å². The van der Waals surface area contributed by atoms with Gasteiger partial charge in [-0.2, -0.15) is 0 Å². The fourth-order valence-electron chi connectivity index (χ4n) is 2.77. The summed E-state index contributed by atoms with van der Waals surface area (Å²) in [4.78, 5) is 2.31. The third-order valence-electron chi connectivity index (χ3n) is 3.66. The summed E-state index contributed by atoms with van der Waals surface area (Å²) in [6.07, 6.45) is 1.11. The minimum atomic E-state index is 0.501. The molecule has 0 amide bonds.